The predicted octanol–water partition coefficient (Wildman–Crippen LogP) is 3.16. The van der Waals surface area contributed by atoms with Crippen LogP contribution in [-0.2, 0) is 0 Å². The van der Waals surface area contributed by atoms with Gasteiger partial charge in [-0.25, -0.2) is 0 Å². The van der Waals surface area contributed by atoms with E-state index in [2.05, 4.69) is 47.1 Å². The third-order valence-corrected chi connectivity index (χ3v) is 4.59. The number of nitrogens with zero attached hydrogens (tertiary/aromatic N) is 1. The molecule has 0 atom stereocenters. The second kappa shape index (κ2) is 6.55. The third kappa shape index (κ3) is 3.71. The molecule has 1 aliphatic heterocycles. The van der Waals surface area contributed by atoms with Gasteiger partial charge < -0.3 is 5.32 Å². The number of piperidine rings is 1. The largest absolute Gasteiger partial charge is 0.317 e. The van der Waals surface area contributed by atoms with Gasteiger partial charge in [0.25, 0.3) is 0 Å². The van der Waals surface area contributed by atoms with Crippen LogP contribution in [0.15, 0.2) is 36.9 Å². The number of hydrogen-bond acceptors (Lipinski definition) is 2. The first-order valence-electron chi connectivity index (χ1n) is 8.01. The van der Waals surface area contributed by atoms with Crippen LogP contribution in [0.1, 0.15) is 31.2 Å². The second-order valence-corrected chi connectivity index (χ2v) is 6.32. The Balaban J connectivity index is 1.58. The Morgan fingerprint density at radius 3 is 2.45 bits per heavy atom. The molecule has 2 nitrogen and oxygen atoms in total. The molecule has 2 fully saturated rings. The monoisotopic (exact) mass is 270 g/mol. The minimum absolute atomic E-state index is 0.824. The molecule has 1 N–H and O–H groups in total. The normalized spacial score (nSPS) is 20.2. The summed E-state index contributed by atoms with van der Waals surface area (Å²) in [7, 11) is 0. The fourth-order valence-corrected chi connectivity index (χ4v) is 3.19. The first kappa shape index (κ1) is 13.8. The zero-order valence-corrected chi connectivity index (χ0v) is 12.4. The Morgan fingerprint density at radius 2 is 1.80 bits per heavy atom. The Morgan fingerprint density at radius 1 is 1.10 bits per heavy atom. The van der Waals surface area contributed by atoms with Crippen molar-refractivity contribution in [1.82, 2.24) is 10.2 Å². The molecule has 1 heterocycles. The summed E-state index contributed by atoms with van der Waals surface area (Å²) in [6.07, 6.45) is 5.43. The van der Waals surface area contributed by atoms with Crippen LogP contribution in [0.5, 0.6) is 0 Å². The number of hydrogen-bond donors (Lipinski definition) is 1. The summed E-state index contributed by atoms with van der Waals surface area (Å²) >= 11 is 0. The van der Waals surface area contributed by atoms with Gasteiger partial charge in [0.15, 0.2) is 0 Å². The Bertz CT molecular complexity index is 430. The van der Waals surface area contributed by atoms with Gasteiger partial charge >= 0.3 is 0 Å². The minimum atomic E-state index is 0.824. The first-order chi connectivity index (χ1) is 9.83. The van der Waals surface area contributed by atoms with Crippen molar-refractivity contribution in [2.75, 3.05) is 26.2 Å². The molecule has 0 unspecified atom stereocenters. The number of nitrogens with one attached hydrogen (secondary N) is 1. The van der Waals surface area contributed by atoms with Crippen LogP contribution in [0.4, 0.5) is 0 Å². The number of benzene rings is 1. The van der Waals surface area contributed by atoms with Gasteiger partial charge in [0.1, 0.15) is 0 Å². The van der Waals surface area contributed by atoms with E-state index >= 15 is 0 Å². The molecule has 0 bridgehead atoms. The molecule has 2 heteroatoms. The summed E-state index contributed by atoms with van der Waals surface area (Å²) in [5.41, 5.74) is 2.56. The lowest BCUT2D eigenvalue weighted by Crippen LogP contribution is -2.38. The smallest absolute Gasteiger partial charge is 0.0236 e. The van der Waals surface area contributed by atoms with Gasteiger partial charge in [-0.1, -0.05) is 36.9 Å². The van der Waals surface area contributed by atoms with Crippen molar-refractivity contribution < 1.29 is 0 Å². The molecule has 1 aliphatic carbocycles. The highest BCUT2D eigenvalue weighted by Gasteiger charge is 2.31. The van der Waals surface area contributed by atoms with Crippen molar-refractivity contribution in [2.24, 2.45) is 5.92 Å². The Labute approximate surface area is 122 Å². The molecule has 0 radical (unpaired) electrons. The molecule has 108 valence electrons. The average Bonchev–Trinajstić information content (AvgIpc) is 3.33. The highest BCUT2D eigenvalue weighted by atomic mass is 15.2. The molecule has 0 amide bonds. The Kier molecular flexibility index (Phi) is 4.54. The number of rotatable bonds is 6. The quantitative estimate of drug-likeness (QED) is 0.854. The van der Waals surface area contributed by atoms with E-state index in [0.29, 0.717) is 0 Å². The van der Waals surface area contributed by atoms with Crippen molar-refractivity contribution in [3.63, 3.8) is 0 Å². The van der Waals surface area contributed by atoms with E-state index < -0.39 is 0 Å². The van der Waals surface area contributed by atoms with Crippen LogP contribution >= 0.6 is 0 Å². The second-order valence-electron chi connectivity index (χ2n) is 6.32. The SMILES string of the molecule is C=C(CN(CC1CCNCC1)C1CC1)c1ccccc1. The molecule has 3 rings (SSSR count). The van der Waals surface area contributed by atoms with E-state index in [1.165, 1.54) is 56.5 Å². The van der Waals surface area contributed by atoms with Crippen molar-refractivity contribution in [3.8, 4) is 0 Å². The van der Waals surface area contributed by atoms with Gasteiger partial charge in [-0.05, 0) is 55.8 Å². The zero-order valence-electron chi connectivity index (χ0n) is 12.4. The average molecular weight is 270 g/mol. The fraction of sp³-hybridized carbons (Fsp3) is 0.556. The zero-order chi connectivity index (χ0) is 13.8. The predicted molar refractivity (Wildman–Crippen MR) is 85.7 cm³/mol. The van der Waals surface area contributed by atoms with Crippen LogP contribution in [0.3, 0.4) is 0 Å². The van der Waals surface area contributed by atoms with E-state index in [1.54, 1.807) is 0 Å². The first-order valence-corrected chi connectivity index (χ1v) is 8.01. The fourth-order valence-electron chi connectivity index (χ4n) is 3.19. The van der Waals surface area contributed by atoms with E-state index in [4.69, 9.17) is 0 Å². The summed E-state index contributed by atoms with van der Waals surface area (Å²) in [6, 6.07) is 11.5. The van der Waals surface area contributed by atoms with Crippen molar-refractivity contribution >= 4 is 5.57 Å². The van der Waals surface area contributed by atoms with Gasteiger partial charge in [0.2, 0.25) is 0 Å². The lowest BCUT2D eigenvalue weighted by molar-refractivity contribution is 0.217. The molecule has 20 heavy (non-hydrogen) atoms. The van der Waals surface area contributed by atoms with Crippen LogP contribution < -0.4 is 5.32 Å². The molecule has 1 saturated carbocycles. The molecule has 0 aromatic heterocycles. The van der Waals surface area contributed by atoms with Crippen molar-refractivity contribution in [3.05, 3.63) is 42.5 Å². The highest BCUT2D eigenvalue weighted by Crippen LogP contribution is 2.30. The standard InChI is InChI=1S/C18H26N2/c1-15(17-5-3-2-4-6-17)13-20(18-7-8-18)14-16-9-11-19-12-10-16/h2-6,16,18-19H,1,7-14H2. The van der Waals surface area contributed by atoms with Crippen LogP contribution in [0.25, 0.3) is 5.57 Å². The molecule has 1 saturated heterocycles. The topological polar surface area (TPSA) is 15.3 Å². The van der Waals surface area contributed by atoms with Crippen LogP contribution in [-0.4, -0.2) is 37.1 Å². The summed E-state index contributed by atoms with van der Waals surface area (Å²) in [5.74, 6) is 0.875. The molecular formula is C18H26N2. The Hall–Kier alpha value is -1.12. The van der Waals surface area contributed by atoms with Crippen LogP contribution in [0, 0.1) is 5.92 Å². The van der Waals surface area contributed by atoms with Crippen LogP contribution in [0.2, 0.25) is 0 Å². The van der Waals surface area contributed by atoms with E-state index in [-0.39, 0.29) is 0 Å². The van der Waals surface area contributed by atoms with Gasteiger partial charge in [-0.15, -0.1) is 0 Å². The summed E-state index contributed by atoms with van der Waals surface area (Å²) in [4.78, 5) is 2.69. The van der Waals surface area contributed by atoms with Gasteiger partial charge in [-0.3, -0.25) is 4.90 Å². The van der Waals surface area contributed by atoms with E-state index in [1.807, 2.05) is 0 Å². The third-order valence-electron chi connectivity index (χ3n) is 4.59. The maximum Gasteiger partial charge on any atom is 0.0236 e. The summed E-state index contributed by atoms with van der Waals surface area (Å²) < 4.78 is 0. The maximum atomic E-state index is 4.31. The van der Waals surface area contributed by atoms with Crippen molar-refractivity contribution in [2.45, 2.75) is 31.7 Å². The minimum Gasteiger partial charge on any atom is -0.317 e. The van der Waals surface area contributed by atoms with Crippen molar-refractivity contribution in [1.29, 1.82) is 0 Å². The van der Waals surface area contributed by atoms with Gasteiger partial charge in [0.05, 0.1) is 0 Å². The molecule has 0 spiro atoms. The molecule has 2 aliphatic rings. The van der Waals surface area contributed by atoms with Gasteiger partial charge in [-0.2, -0.15) is 0 Å². The van der Waals surface area contributed by atoms with Gasteiger partial charge in [0, 0.05) is 19.1 Å². The van der Waals surface area contributed by atoms with E-state index in [0.717, 1.165) is 18.5 Å². The summed E-state index contributed by atoms with van der Waals surface area (Å²) in [6.45, 7) is 9.01. The van der Waals surface area contributed by atoms with E-state index in [9.17, 15) is 0 Å². The summed E-state index contributed by atoms with van der Waals surface area (Å²) in [5, 5.41) is 3.46. The lowest BCUT2D eigenvalue weighted by atomic mass is 9.97. The molecular weight excluding hydrogens is 244 g/mol. The molecule has 1 aromatic rings. The molecule has 1 aromatic carbocycles. The lowest BCUT2D eigenvalue weighted by Gasteiger charge is -2.30. The highest BCUT2D eigenvalue weighted by molar-refractivity contribution is 5.64. The maximum absolute atomic E-state index is 4.31.